The summed E-state index contributed by atoms with van der Waals surface area (Å²) in [4.78, 5) is 32.7. The molecule has 1 amide bonds. The van der Waals surface area contributed by atoms with Crippen molar-refractivity contribution >= 4 is 40.9 Å². The Balaban J connectivity index is 1.31. The number of aliphatic hydroxyl groups is 1. The van der Waals surface area contributed by atoms with Crippen LogP contribution in [-0.2, 0) is 10.4 Å². The normalized spacial score (nSPS) is 18.9. The van der Waals surface area contributed by atoms with Gasteiger partial charge in [0.25, 0.3) is 11.5 Å². The van der Waals surface area contributed by atoms with Crippen molar-refractivity contribution in [1.29, 1.82) is 0 Å². The number of methoxy groups -OCH3 is 1. The summed E-state index contributed by atoms with van der Waals surface area (Å²) in [7, 11) is 1.31. The van der Waals surface area contributed by atoms with Crippen molar-refractivity contribution in [1.82, 2.24) is 9.88 Å². The van der Waals surface area contributed by atoms with Crippen molar-refractivity contribution in [3.63, 3.8) is 0 Å². The highest BCUT2D eigenvalue weighted by atomic mass is 35.5. The summed E-state index contributed by atoms with van der Waals surface area (Å²) in [6.45, 7) is 3.62. The third-order valence-corrected chi connectivity index (χ3v) is 9.54. The molecule has 0 saturated carbocycles. The van der Waals surface area contributed by atoms with E-state index in [0.29, 0.717) is 30.1 Å². The van der Waals surface area contributed by atoms with Crippen LogP contribution in [0.1, 0.15) is 54.9 Å². The number of pyridine rings is 1. The summed E-state index contributed by atoms with van der Waals surface area (Å²) in [5.41, 5.74) is -3.77. The van der Waals surface area contributed by atoms with E-state index in [1.165, 1.54) is 19.2 Å². The SMILES string of the molecule is CCC(=O)c1ccc(N2CCC(SC3CCN(C(=O)[C@](O)(c4cccc(OC)c4)C(F)(F)F)CC3)CC2)nc1Cl. The zero-order valence-corrected chi connectivity index (χ0v) is 24.0. The van der Waals surface area contributed by atoms with Gasteiger partial charge >= 0.3 is 6.18 Å². The number of benzene rings is 1. The highest BCUT2D eigenvalue weighted by molar-refractivity contribution is 8.00. The Bertz CT molecular complexity index is 1220. The zero-order valence-electron chi connectivity index (χ0n) is 22.4. The van der Waals surface area contributed by atoms with Gasteiger partial charge in [-0.05, 0) is 49.9 Å². The predicted octanol–water partition coefficient (Wildman–Crippen LogP) is 5.48. The molecule has 7 nitrogen and oxygen atoms in total. The van der Waals surface area contributed by atoms with E-state index in [2.05, 4.69) is 9.88 Å². The number of ether oxygens (including phenoxy) is 1. The molecule has 4 rings (SSSR count). The summed E-state index contributed by atoms with van der Waals surface area (Å²) >= 11 is 8.06. The van der Waals surface area contributed by atoms with Gasteiger partial charge in [-0.25, -0.2) is 4.98 Å². The molecule has 2 aliphatic rings. The number of ketones is 1. The number of hydrogen-bond donors (Lipinski definition) is 1. The fourth-order valence-electron chi connectivity index (χ4n) is 5.17. The minimum atomic E-state index is -5.19. The molecule has 2 fully saturated rings. The number of thioether (sulfide) groups is 1. The summed E-state index contributed by atoms with van der Waals surface area (Å²) in [6.07, 6.45) is -1.92. The van der Waals surface area contributed by atoms with E-state index >= 15 is 0 Å². The number of anilines is 1. The number of nitrogens with zero attached hydrogens (tertiary/aromatic N) is 3. The van der Waals surface area contributed by atoms with Crippen LogP contribution in [0.2, 0.25) is 5.15 Å². The Kier molecular flexibility index (Phi) is 9.57. The standard InChI is InChI=1S/C28H33ClF3N3O4S/c1-3-23(36)22-7-8-24(33-25(22)29)34-13-9-20(10-14-34)40-21-11-15-35(16-12-21)26(37)27(38,28(30,31)32)18-5-4-6-19(17-18)39-2/h4-8,17,20-21,38H,3,9-16H2,1-2H3/t27-/m1/s1. The highest BCUT2D eigenvalue weighted by Crippen LogP contribution is 2.42. The Labute approximate surface area is 241 Å². The summed E-state index contributed by atoms with van der Waals surface area (Å²) in [6, 6.07) is 8.45. The van der Waals surface area contributed by atoms with Crippen LogP contribution >= 0.6 is 23.4 Å². The Morgan fingerprint density at radius 3 is 2.25 bits per heavy atom. The molecule has 0 aliphatic carbocycles. The van der Waals surface area contributed by atoms with Gasteiger partial charge in [0, 0.05) is 48.7 Å². The highest BCUT2D eigenvalue weighted by Gasteiger charge is 2.62. The van der Waals surface area contributed by atoms with Crippen molar-refractivity contribution in [3.05, 3.63) is 52.7 Å². The molecule has 2 aromatic rings. The van der Waals surface area contributed by atoms with Gasteiger partial charge in [-0.15, -0.1) is 0 Å². The number of rotatable bonds is 8. The van der Waals surface area contributed by atoms with Crippen molar-refractivity contribution in [2.75, 3.05) is 38.2 Å². The van der Waals surface area contributed by atoms with Crippen molar-refractivity contribution in [2.45, 2.75) is 61.3 Å². The molecule has 1 N–H and O–H groups in total. The molecular weight excluding hydrogens is 567 g/mol. The van der Waals surface area contributed by atoms with Gasteiger partial charge in [-0.3, -0.25) is 9.59 Å². The molecule has 12 heteroatoms. The van der Waals surface area contributed by atoms with Crippen LogP contribution in [0.25, 0.3) is 0 Å². The number of Topliss-reactive ketones (excluding diaryl/α,β-unsaturated/α-hetero) is 1. The van der Waals surface area contributed by atoms with Gasteiger partial charge in [0.1, 0.15) is 16.7 Å². The maximum Gasteiger partial charge on any atom is 0.430 e. The molecule has 0 radical (unpaired) electrons. The first kappa shape index (κ1) is 30.5. The van der Waals surface area contributed by atoms with Gasteiger partial charge in [0.05, 0.1) is 12.7 Å². The predicted molar refractivity (Wildman–Crippen MR) is 149 cm³/mol. The summed E-state index contributed by atoms with van der Waals surface area (Å²) in [5.74, 6) is -0.546. The number of amides is 1. The molecule has 2 saturated heterocycles. The number of alkyl halides is 3. The van der Waals surface area contributed by atoms with E-state index in [9.17, 15) is 27.9 Å². The number of hydrogen-bond acceptors (Lipinski definition) is 7. The number of carbonyl (C=O) groups excluding carboxylic acids is 2. The maximum absolute atomic E-state index is 14.1. The molecular formula is C28H33ClF3N3O4S. The number of likely N-dealkylation sites (tertiary alicyclic amines) is 1. The summed E-state index contributed by atoms with van der Waals surface area (Å²) in [5, 5.41) is 11.6. The lowest BCUT2D eigenvalue weighted by Crippen LogP contribution is -2.57. The van der Waals surface area contributed by atoms with Gasteiger partial charge < -0.3 is 19.6 Å². The fraction of sp³-hybridized carbons (Fsp3) is 0.536. The van der Waals surface area contributed by atoms with Gasteiger partial charge in [-0.1, -0.05) is 30.7 Å². The topological polar surface area (TPSA) is 83.0 Å². The Hall–Kier alpha value is -2.50. The van der Waals surface area contributed by atoms with Crippen molar-refractivity contribution < 1.29 is 32.6 Å². The molecule has 0 unspecified atom stereocenters. The number of aromatic nitrogens is 1. The first-order valence-electron chi connectivity index (χ1n) is 13.3. The number of piperidine rings is 2. The van der Waals surface area contributed by atoms with E-state index in [1.54, 1.807) is 13.0 Å². The number of carbonyl (C=O) groups is 2. The lowest BCUT2D eigenvalue weighted by atomic mass is 9.90. The minimum absolute atomic E-state index is 0.0460. The molecule has 0 spiro atoms. The molecule has 218 valence electrons. The van der Waals surface area contributed by atoms with Gasteiger partial charge in [-0.2, -0.15) is 24.9 Å². The maximum atomic E-state index is 14.1. The largest absolute Gasteiger partial charge is 0.497 e. The second kappa shape index (κ2) is 12.6. The van der Waals surface area contributed by atoms with Crippen LogP contribution in [0, 0.1) is 0 Å². The van der Waals surface area contributed by atoms with E-state index in [-0.39, 0.29) is 35.0 Å². The lowest BCUT2D eigenvalue weighted by Gasteiger charge is -2.40. The smallest absolute Gasteiger partial charge is 0.430 e. The first-order chi connectivity index (χ1) is 19.0. The molecule has 1 atom stereocenters. The van der Waals surface area contributed by atoms with Crippen LogP contribution < -0.4 is 9.64 Å². The third kappa shape index (κ3) is 6.36. The zero-order chi connectivity index (χ0) is 29.1. The molecule has 1 aromatic carbocycles. The van der Waals surface area contributed by atoms with Crippen LogP contribution in [0.3, 0.4) is 0 Å². The van der Waals surface area contributed by atoms with Gasteiger partial charge in [0.2, 0.25) is 0 Å². The van der Waals surface area contributed by atoms with E-state index < -0.39 is 23.2 Å². The van der Waals surface area contributed by atoms with Crippen LogP contribution in [-0.4, -0.2) is 76.6 Å². The number of halogens is 4. The Morgan fingerprint density at radius 2 is 1.70 bits per heavy atom. The molecule has 2 aliphatic heterocycles. The van der Waals surface area contributed by atoms with Crippen molar-refractivity contribution in [3.8, 4) is 5.75 Å². The van der Waals surface area contributed by atoms with Crippen LogP contribution in [0.5, 0.6) is 5.75 Å². The van der Waals surface area contributed by atoms with Crippen LogP contribution in [0.4, 0.5) is 19.0 Å². The molecule has 3 heterocycles. The quantitative estimate of drug-likeness (QED) is 0.318. The second-order valence-corrected chi connectivity index (χ2v) is 12.0. The molecule has 40 heavy (non-hydrogen) atoms. The average molecular weight is 600 g/mol. The Morgan fingerprint density at radius 1 is 1.07 bits per heavy atom. The second-order valence-electron chi connectivity index (χ2n) is 10.0. The van der Waals surface area contributed by atoms with E-state index in [0.717, 1.165) is 48.8 Å². The molecule has 1 aromatic heterocycles. The van der Waals surface area contributed by atoms with E-state index in [4.69, 9.17) is 16.3 Å². The first-order valence-corrected chi connectivity index (χ1v) is 14.6. The van der Waals surface area contributed by atoms with E-state index in [1.807, 2.05) is 17.8 Å². The molecule has 0 bridgehead atoms. The summed E-state index contributed by atoms with van der Waals surface area (Å²) < 4.78 is 47.3. The van der Waals surface area contributed by atoms with Crippen LogP contribution in [0.15, 0.2) is 36.4 Å². The lowest BCUT2D eigenvalue weighted by molar-refractivity contribution is -0.262. The fourth-order valence-corrected chi connectivity index (χ4v) is 6.94. The average Bonchev–Trinajstić information content (AvgIpc) is 2.96. The third-order valence-electron chi connectivity index (χ3n) is 7.54. The monoisotopic (exact) mass is 599 g/mol. The minimum Gasteiger partial charge on any atom is -0.497 e. The van der Waals surface area contributed by atoms with Crippen molar-refractivity contribution in [2.24, 2.45) is 0 Å². The van der Waals surface area contributed by atoms with Gasteiger partial charge in [0.15, 0.2) is 5.78 Å².